The molecule has 1 N–H and O–H groups in total. The van der Waals surface area contributed by atoms with Crippen molar-refractivity contribution in [2.75, 3.05) is 47.5 Å². The van der Waals surface area contributed by atoms with Gasteiger partial charge in [0.05, 0.1) is 13.7 Å². The number of nitrogens with zero attached hydrogens (tertiary/aromatic N) is 2. The fourth-order valence-electron chi connectivity index (χ4n) is 2.70. The van der Waals surface area contributed by atoms with Crippen LogP contribution in [-0.2, 0) is 4.74 Å². The largest absolute Gasteiger partial charge is 0.497 e. The van der Waals surface area contributed by atoms with Crippen LogP contribution < -0.4 is 10.1 Å². The summed E-state index contributed by atoms with van der Waals surface area (Å²) in [5.74, 6) is 2.42. The molecule has 0 spiro atoms. The van der Waals surface area contributed by atoms with E-state index >= 15 is 0 Å². The van der Waals surface area contributed by atoms with E-state index in [9.17, 15) is 0 Å². The maximum Gasteiger partial charge on any atom is 0.193 e. The van der Waals surface area contributed by atoms with Crippen molar-refractivity contribution in [1.29, 1.82) is 0 Å². The third-order valence-corrected chi connectivity index (χ3v) is 3.88. The van der Waals surface area contributed by atoms with Crippen molar-refractivity contribution in [2.24, 2.45) is 4.99 Å². The molecule has 0 unspecified atom stereocenters. The van der Waals surface area contributed by atoms with Gasteiger partial charge in [-0.25, -0.2) is 0 Å². The van der Waals surface area contributed by atoms with Gasteiger partial charge in [-0.05, 0) is 24.1 Å². The van der Waals surface area contributed by atoms with Gasteiger partial charge in [0, 0.05) is 39.7 Å². The average molecular weight is 291 g/mol. The van der Waals surface area contributed by atoms with E-state index < -0.39 is 0 Å². The van der Waals surface area contributed by atoms with Crippen LogP contribution >= 0.6 is 0 Å². The number of guanidine groups is 1. The van der Waals surface area contributed by atoms with E-state index in [1.807, 2.05) is 19.2 Å². The molecule has 0 bridgehead atoms. The predicted octanol–water partition coefficient (Wildman–Crippen LogP) is 1.71. The molecule has 116 valence electrons. The first-order valence-corrected chi connectivity index (χ1v) is 7.37. The Balaban J connectivity index is 1.92. The second-order valence-corrected chi connectivity index (χ2v) is 5.17. The highest BCUT2D eigenvalue weighted by molar-refractivity contribution is 5.80. The molecular formula is C16H25N3O2. The molecule has 1 aromatic rings. The van der Waals surface area contributed by atoms with E-state index in [0.717, 1.165) is 37.8 Å². The lowest BCUT2D eigenvalue weighted by Gasteiger charge is -2.21. The Kier molecular flexibility index (Phi) is 5.87. The Bertz CT molecular complexity index is 459. The maximum atomic E-state index is 5.21. The van der Waals surface area contributed by atoms with Crippen molar-refractivity contribution >= 4 is 5.96 Å². The Morgan fingerprint density at radius 2 is 2.10 bits per heavy atom. The third kappa shape index (κ3) is 4.11. The lowest BCUT2D eigenvalue weighted by atomic mass is 9.98. The van der Waals surface area contributed by atoms with Gasteiger partial charge in [-0.3, -0.25) is 4.99 Å². The number of methoxy groups -OCH3 is 2. The molecule has 1 heterocycles. The molecule has 0 aliphatic carbocycles. The van der Waals surface area contributed by atoms with E-state index in [1.54, 1.807) is 14.2 Å². The van der Waals surface area contributed by atoms with Crippen LogP contribution in [0.2, 0.25) is 0 Å². The Morgan fingerprint density at radius 1 is 1.33 bits per heavy atom. The van der Waals surface area contributed by atoms with Crippen LogP contribution in [-0.4, -0.2) is 58.4 Å². The summed E-state index contributed by atoms with van der Waals surface area (Å²) in [5, 5.41) is 3.33. The van der Waals surface area contributed by atoms with E-state index in [0.29, 0.717) is 12.5 Å². The standard InChI is InChI=1S/C16H25N3O2/c1-17-16(18-9-11-20-2)19-10-8-14(12-19)13-4-6-15(21-3)7-5-13/h4-7,14H,8-12H2,1-3H3,(H,17,18)/t14-/m1/s1. The zero-order chi connectivity index (χ0) is 15.1. The van der Waals surface area contributed by atoms with Crippen molar-refractivity contribution < 1.29 is 9.47 Å². The van der Waals surface area contributed by atoms with Crippen LogP contribution in [0.5, 0.6) is 5.75 Å². The molecule has 1 aromatic carbocycles. The van der Waals surface area contributed by atoms with Crippen molar-refractivity contribution in [3.8, 4) is 5.75 Å². The molecule has 0 amide bonds. The number of hydrogen-bond acceptors (Lipinski definition) is 3. The van der Waals surface area contributed by atoms with Crippen LogP contribution in [0.3, 0.4) is 0 Å². The number of benzene rings is 1. The quantitative estimate of drug-likeness (QED) is 0.509. The molecule has 21 heavy (non-hydrogen) atoms. The second-order valence-electron chi connectivity index (χ2n) is 5.17. The summed E-state index contributed by atoms with van der Waals surface area (Å²) in [6, 6.07) is 8.38. The van der Waals surface area contributed by atoms with Crippen LogP contribution in [0.1, 0.15) is 17.9 Å². The summed E-state index contributed by atoms with van der Waals surface area (Å²) in [4.78, 5) is 6.66. The number of hydrogen-bond donors (Lipinski definition) is 1. The predicted molar refractivity (Wildman–Crippen MR) is 85.2 cm³/mol. The number of likely N-dealkylation sites (tertiary alicyclic amines) is 1. The summed E-state index contributed by atoms with van der Waals surface area (Å²) in [7, 11) is 5.23. The van der Waals surface area contributed by atoms with Crippen LogP contribution in [0.25, 0.3) is 0 Å². The summed E-state index contributed by atoms with van der Waals surface area (Å²) in [5.41, 5.74) is 1.37. The molecule has 5 heteroatoms. The van der Waals surface area contributed by atoms with E-state index in [1.165, 1.54) is 5.56 Å². The summed E-state index contributed by atoms with van der Waals surface area (Å²) in [6.45, 7) is 3.50. The Morgan fingerprint density at radius 3 is 2.71 bits per heavy atom. The molecule has 1 saturated heterocycles. The molecule has 5 nitrogen and oxygen atoms in total. The van der Waals surface area contributed by atoms with Crippen LogP contribution in [0.4, 0.5) is 0 Å². The highest BCUT2D eigenvalue weighted by Gasteiger charge is 2.25. The normalized spacial score (nSPS) is 18.9. The summed E-state index contributed by atoms with van der Waals surface area (Å²) in [6.07, 6.45) is 1.15. The molecule has 0 saturated carbocycles. The summed E-state index contributed by atoms with van der Waals surface area (Å²) >= 11 is 0. The Hall–Kier alpha value is -1.75. The summed E-state index contributed by atoms with van der Waals surface area (Å²) < 4.78 is 10.3. The average Bonchev–Trinajstić information content (AvgIpc) is 3.01. The minimum absolute atomic E-state index is 0.553. The zero-order valence-corrected chi connectivity index (χ0v) is 13.1. The van der Waals surface area contributed by atoms with Gasteiger partial charge in [-0.1, -0.05) is 12.1 Å². The highest BCUT2D eigenvalue weighted by Crippen LogP contribution is 2.28. The van der Waals surface area contributed by atoms with Crippen molar-refractivity contribution in [2.45, 2.75) is 12.3 Å². The third-order valence-electron chi connectivity index (χ3n) is 3.88. The first-order chi connectivity index (χ1) is 10.3. The molecule has 1 aliphatic rings. The van der Waals surface area contributed by atoms with Gasteiger partial charge in [0.15, 0.2) is 5.96 Å². The minimum atomic E-state index is 0.553. The second kappa shape index (κ2) is 7.88. The molecule has 2 rings (SSSR count). The van der Waals surface area contributed by atoms with Gasteiger partial charge >= 0.3 is 0 Å². The molecule has 0 radical (unpaired) electrons. The first-order valence-electron chi connectivity index (χ1n) is 7.37. The van der Waals surface area contributed by atoms with Crippen LogP contribution in [0.15, 0.2) is 29.3 Å². The van der Waals surface area contributed by atoms with Gasteiger partial charge in [0.25, 0.3) is 0 Å². The number of nitrogens with one attached hydrogen (secondary N) is 1. The zero-order valence-electron chi connectivity index (χ0n) is 13.1. The van der Waals surface area contributed by atoms with Gasteiger partial charge in [0.1, 0.15) is 5.75 Å². The number of rotatable bonds is 5. The van der Waals surface area contributed by atoms with Gasteiger partial charge in [-0.2, -0.15) is 0 Å². The number of ether oxygens (including phenoxy) is 2. The first kappa shape index (κ1) is 15.6. The Labute approximate surface area is 127 Å². The van der Waals surface area contributed by atoms with Gasteiger partial charge in [0.2, 0.25) is 0 Å². The van der Waals surface area contributed by atoms with E-state index in [4.69, 9.17) is 9.47 Å². The lowest BCUT2D eigenvalue weighted by molar-refractivity contribution is 0.203. The van der Waals surface area contributed by atoms with Crippen molar-refractivity contribution in [3.63, 3.8) is 0 Å². The molecular weight excluding hydrogens is 266 g/mol. The van der Waals surface area contributed by atoms with E-state index in [-0.39, 0.29) is 0 Å². The SMILES string of the molecule is CN=C(NCCOC)N1CC[C@@H](c2ccc(OC)cc2)C1. The van der Waals surface area contributed by atoms with Crippen LogP contribution in [0, 0.1) is 0 Å². The van der Waals surface area contributed by atoms with Crippen molar-refractivity contribution in [3.05, 3.63) is 29.8 Å². The number of aliphatic imine (C=N–C) groups is 1. The maximum absolute atomic E-state index is 5.21. The fourth-order valence-corrected chi connectivity index (χ4v) is 2.70. The molecule has 1 atom stereocenters. The van der Waals surface area contributed by atoms with Gasteiger partial charge in [-0.15, -0.1) is 0 Å². The topological polar surface area (TPSA) is 46.1 Å². The van der Waals surface area contributed by atoms with E-state index in [2.05, 4.69) is 27.3 Å². The molecule has 1 fully saturated rings. The molecule has 1 aliphatic heterocycles. The molecule has 0 aromatic heterocycles. The minimum Gasteiger partial charge on any atom is -0.497 e. The van der Waals surface area contributed by atoms with Crippen molar-refractivity contribution in [1.82, 2.24) is 10.2 Å². The fraction of sp³-hybridized carbons (Fsp3) is 0.562. The monoisotopic (exact) mass is 291 g/mol. The van der Waals surface area contributed by atoms with Gasteiger partial charge < -0.3 is 19.7 Å². The smallest absolute Gasteiger partial charge is 0.193 e. The lowest BCUT2D eigenvalue weighted by Crippen LogP contribution is -2.41. The highest BCUT2D eigenvalue weighted by atomic mass is 16.5.